The molecule has 0 aliphatic carbocycles. The van der Waals surface area contributed by atoms with Crippen LogP contribution in [0.1, 0.15) is 52.4 Å². The second kappa shape index (κ2) is 8.63. The summed E-state index contributed by atoms with van der Waals surface area (Å²) in [7, 11) is 4.44. The van der Waals surface area contributed by atoms with Gasteiger partial charge in [-0.3, -0.25) is 0 Å². The van der Waals surface area contributed by atoms with E-state index in [4.69, 9.17) is 0 Å². The zero-order chi connectivity index (χ0) is 14.3. The molecule has 114 valence electrons. The summed E-state index contributed by atoms with van der Waals surface area (Å²) >= 11 is 3.80. The fraction of sp³-hybridized carbons (Fsp3) is 1.00. The maximum absolute atomic E-state index is 3.80. The molecule has 1 rings (SSSR count). The maximum atomic E-state index is 3.80. The molecule has 0 amide bonds. The number of halogens is 1. The lowest BCUT2D eigenvalue weighted by atomic mass is 9.80. The number of hydrogen-bond acceptors (Lipinski definition) is 2. The van der Waals surface area contributed by atoms with Crippen molar-refractivity contribution in [3.8, 4) is 0 Å². The highest BCUT2D eigenvalue weighted by molar-refractivity contribution is 9.09. The smallest absolute Gasteiger partial charge is 0.0113 e. The minimum Gasteiger partial charge on any atom is -0.306 e. The third-order valence-corrected chi connectivity index (χ3v) is 5.88. The molecule has 1 fully saturated rings. The van der Waals surface area contributed by atoms with Crippen LogP contribution in [0, 0.1) is 5.41 Å². The molecule has 0 spiro atoms. The van der Waals surface area contributed by atoms with E-state index < -0.39 is 0 Å². The molecule has 1 heterocycles. The van der Waals surface area contributed by atoms with Crippen molar-refractivity contribution < 1.29 is 0 Å². The third kappa shape index (κ3) is 5.35. The van der Waals surface area contributed by atoms with Gasteiger partial charge in [0.1, 0.15) is 0 Å². The van der Waals surface area contributed by atoms with E-state index in [1.807, 2.05) is 0 Å². The van der Waals surface area contributed by atoms with Crippen molar-refractivity contribution in [1.82, 2.24) is 9.80 Å². The summed E-state index contributed by atoms with van der Waals surface area (Å²) in [6.45, 7) is 8.51. The van der Waals surface area contributed by atoms with Crippen LogP contribution in [-0.2, 0) is 0 Å². The Labute approximate surface area is 129 Å². The Morgan fingerprint density at radius 3 is 2.00 bits per heavy atom. The van der Waals surface area contributed by atoms with Gasteiger partial charge < -0.3 is 9.80 Å². The van der Waals surface area contributed by atoms with Gasteiger partial charge in [0.2, 0.25) is 0 Å². The monoisotopic (exact) mass is 332 g/mol. The molecule has 0 aromatic rings. The lowest BCUT2D eigenvalue weighted by molar-refractivity contribution is 0.0940. The van der Waals surface area contributed by atoms with Crippen LogP contribution in [0.3, 0.4) is 0 Å². The fourth-order valence-electron chi connectivity index (χ4n) is 3.59. The van der Waals surface area contributed by atoms with Gasteiger partial charge in [0.15, 0.2) is 0 Å². The fourth-order valence-corrected chi connectivity index (χ4v) is 4.33. The van der Waals surface area contributed by atoms with Crippen LogP contribution < -0.4 is 0 Å². The molecule has 1 saturated heterocycles. The first-order valence-electron chi connectivity index (χ1n) is 8.01. The summed E-state index contributed by atoms with van der Waals surface area (Å²) in [5, 5.41) is 1.16. The van der Waals surface area contributed by atoms with E-state index in [9.17, 15) is 0 Å². The Morgan fingerprint density at radius 1 is 1.11 bits per heavy atom. The molecule has 0 radical (unpaired) electrons. The zero-order valence-electron chi connectivity index (χ0n) is 13.4. The van der Waals surface area contributed by atoms with Crippen LogP contribution >= 0.6 is 15.9 Å². The number of piperidine rings is 1. The molecular formula is C16H33BrN2. The number of nitrogens with zero attached hydrogens (tertiary/aromatic N) is 2. The van der Waals surface area contributed by atoms with Gasteiger partial charge in [-0.15, -0.1) is 0 Å². The Bertz CT molecular complexity index is 229. The highest BCUT2D eigenvalue weighted by Gasteiger charge is 2.31. The third-order valence-electron chi connectivity index (χ3n) is 4.69. The van der Waals surface area contributed by atoms with Gasteiger partial charge in [0.25, 0.3) is 0 Å². The molecule has 1 aliphatic heterocycles. The molecule has 0 saturated carbocycles. The minimum atomic E-state index is 0.508. The topological polar surface area (TPSA) is 6.48 Å². The molecule has 0 atom stereocenters. The van der Waals surface area contributed by atoms with E-state index in [1.165, 1.54) is 58.2 Å². The van der Waals surface area contributed by atoms with Crippen LogP contribution in [0.2, 0.25) is 0 Å². The summed E-state index contributed by atoms with van der Waals surface area (Å²) in [4.78, 5) is 5.11. The molecule has 0 unspecified atom stereocenters. The van der Waals surface area contributed by atoms with Crippen molar-refractivity contribution in [2.45, 2.75) is 58.4 Å². The SMILES string of the molecule is CCCC(CBr)(CCC)CN1CCC(N(C)C)CC1. The van der Waals surface area contributed by atoms with Gasteiger partial charge in [-0.1, -0.05) is 42.6 Å². The van der Waals surface area contributed by atoms with Crippen LogP contribution in [0.4, 0.5) is 0 Å². The van der Waals surface area contributed by atoms with Gasteiger partial charge in [-0.05, 0) is 58.3 Å². The molecular weight excluding hydrogens is 300 g/mol. The predicted molar refractivity (Wildman–Crippen MR) is 89.2 cm³/mol. The van der Waals surface area contributed by atoms with Crippen LogP contribution in [-0.4, -0.2) is 54.9 Å². The van der Waals surface area contributed by atoms with Crippen LogP contribution in [0.25, 0.3) is 0 Å². The van der Waals surface area contributed by atoms with E-state index >= 15 is 0 Å². The van der Waals surface area contributed by atoms with Crippen molar-refractivity contribution in [2.75, 3.05) is 39.1 Å². The molecule has 2 nitrogen and oxygen atoms in total. The molecule has 0 N–H and O–H groups in total. The maximum Gasteiger partial charge on any atom is 0.0113 e. The second-order valence-corrected chi connectivity index (χ2v) is 7.17. The summed E-state index contributed by atoms with van der Waals surface area (Å²) in [5.41, 5.74) is 0.508. The Morgan fingerprint density at radius 2 is 1.63 bits per heavy atom. The summed E-state index contributed by atoms with van der Waals surface area (Å²) in [5.74, 6) is 0. The highest BCUT2D eigenvalue weighted by atomic mass is 79.9. The summed E-state index contributed by atoms with van der Waals surface area (Å²) in [6.07, 6.45) is 8.01. The van der Waals surface area contributed by atoms with Crippen molar-refractivity contribution >= 4 is 15.9 Å². The summed E-state index contributed by atoms with van der Waals surface area (Å²) in [6, 6.07) is 0.798. The van der Waals surface area contributed by atoms with Crippen molar-refractivity contribution in [2.24, 2.45) is 5.41 Å². The first kappa shape index (κ1) is 17.5. The quantitative estimate of drug-likeness (QED) is 0.620. The number of likely N-dealkylation sites (tertiary alicyclic amines) is 1. The number of rotatable bonds is 8. The van der Waals surface area contributed by atoms with Crippen LogP contribution in [0.5, 0.6) is 0 Å². The average molecular weight is 333 g/mol. The average Bonchev–Trinajstić information content (AvgIpc) is 2.40. The Balaban J connectivity index is 2.51. The van der Waals surface area contributed by atoms with Gasteiger partial charge in [0, 0.05) is 17.9 Å². The van der Waals surface area contributed by atoms with Crippen molar-refractivity contribution in [3.05, 3.63) is 0 Å². The normalized spacial score (nSPS) is 19.3. The van der Waals surface area contributed by atoms with Crippen molar-refractivity contribution in [3.63, 3.8) is 0 Å². The van der Waals surface area contributed by atoms with Gasteiger partial charge in [-0.25, -0.2) is 0 Å². The largest absolute Gasteiger partial charge is 0.306 e. The first-order valence-corrected chi connectivity index (χ1v) is 9.13. The molecule has 1 aliphatic rings. The number of alkyl halides is 1. The van der Waals surface area contributed by atoms with E-state index in [2.05, 4.69) is 53.7 Å². The molecule has 0 aromatic carbocycles. The predicted octanol–water partition coefficient (Wildman–Crippen LogP) is 3.99. The van der Waals surface area contributed by atoms with E-state index in [0.29, 0.717) is 5.41 Å². The first-order chi connectivity index (χ1) is 9.06. The molecule has 19 heavy (non-hydrogen) atoms. The molecule has 0 bridgehead atoms. The standard InChI is InChI=1S/C16H33BrN2/c1-5-9-16(13-17,10-6-2)14-19-11-7-15(8-12-19)18(3)4/h15H,5-14H2,1-4H3. The van der Waals surface area contributed by atoms with E-state index in [0.717, 1.165) is 11.4 Å². The molecule has 3 heteroatoms. The summed E-state index contributed by atoms with van der Waals surface area (Å²) < 4.78 is 0. The van der Waals surface area contributed by atoms with E-state index in [1.54, 1.807) is 0 Å². The Kier molecular flexibility index (Phi) is 7.93. The zero-order valence-corrected chi connectivity index (χ0v) is 15.0. The second-order valence-electron chi connectivity index (χ2n) is 6.60. The minimum absolute atomic E-state index is 0.508. The van der Waals surface area contributed by atoms with Crippen LogP contribution in [0.15, 0.2) is 0 Å². The van der Waals surface area contributed by atoms with Crippen molar-refractivity contribution in [1.29, 1.82) is 0 Å². The Hall–Kier alpha value is 0.400. The van der Waals surface area contributed by atoms with E-state index in [-0.39, 0.29) is 0 Å². The van der Waals surface area contributed by atoms with Gasteiger partial charge in [0.05, 0.1) is 0 Å². The lowest BCUT2D eigenvalue weighted by Gasteiger charge is -2.41. The van der Waals surface area contributed by atoms with Gasteiger partial charge in [-0.2, -0.15) is 0 Å². The lowest BCUT2D eigenvalue weighted by Crippen LogP contribution is -2.46. The molecule has 0 aromatic heterocycles. The highest BCUT2D eigenvalue weighted by Crippen LogP contribution is 2.34. The number of hydrogen-bond donors (Lipinski definition) is 0. The van der Waals surface area contributed by atoms with Gasteiger partial charge >= 0.3 is 0 Å².